The summed E-state index contributed by atoms with van der Waals surface area (Å²) in [6, 6.07) is 11.0. The van der Waals surface area contributed by atoms with Crippen LogP contribution in [0, 0.1) is 11.3 Å². The van der Waals surface area contributed by atoms with E-state index in [2.05, 4.69) is 25.1 Å². The van der Waals surface area contributed by atoms with Crippen LogP contribution < -0.4 is 5.32 Å². The minimum Gasteiger partial charge on any atom is -0.324 e. The van der Waals surface area contributed by atoms with Gasteiger partial charge in [-0.25, -0.2) is 0 Å². The Hall–Kier alpha value is -2.89. The van der Waals surface area contributed by atoms with Crippen molar-refractivity contribution in [1.29, 1.82) is 5.26 Å². The number of benzene rings is 1. The van der Waals surface area contributed by atoms with Crippen molar-refractivity contribution < 1.29 is 4.79 Å². The van der Waals surface area contributed by atoms with Gasteiger partial charge in [0, 0.05) is 29.0 Å². The van der Waals surface area contributed by atoms with Crippen molar-refractivity contribution in [3.8, 4) is 17.5 Å². The molecule has 1 fully saturated rings. The van der Waals surface area contributed by atoms with Gasteiger partial charge >= 0.3 is 0 Å². The number of anilines is 1. The summed E-state index contributed by atoms with van der Waals surface area (Å²) >= 11 is 7.28. The van der Waals surface area contributed by atoms with Crippen LogP contribution in [0.2, 0.25) is 5.02 Å². The van der Waals surface area contributed by atoms with E-state index in [0.717, 1.165) is 24.2 Å². The Morgan fingerprint density at radius 3 is 2.79 bits per heavy atom. The van der Waals surface area contributed by atoms with Gasteiger partial charge in [-0.3, -0.25) is 14.3 Å². The maximum absolute atomic E-state index is 12.4. The van der Waals surface area contributed by atoms with Crippen LogP contribution in [0.15, 0.2) is 47.9 Å². The van der Waals surface area contributed by atoms with E-state index in [-0.39, 0.29) is 11.7 Å². The minimum absolute atomic E-state index is 0.151. The predicted octanol–water partition coefficient (Wildman–Crippen LogP) is 3.93. The lowest BCUT2D eigenvalue weighted by molar-refractivity contribution is -0.113. The molecule has 0 saturated heterocycles. The van der Waals surface area contributed by atoms with Crippen LogP contribution in [0.25, 0.3) is 11.4 Å². The second-order valence-corrected chi connectivity index (χ2v) is 7.66. The van der Waals surface area contributed by atoms with E-state index in [0.29, 0.717) is 27.5 Å². The lowest BCUT2D eigenvalue weighted by Crippen LogP contribution is -2.15. The number of thioether (sulfide) groups is 1. The van der Waals surface area contributed by atoms with E-state index >= 15 is 0 Å². The molecule has 2 heterocycles. The van der Waals surface area contributed by atoms with Crippen molar-refractivity contribution in [2.75, 3.05) is 11.1 Å². The molecule has 2 aromatic heterocycles. The lowest BCUT2D eigenvalue weighted by Gasteiger charge is -2.09. The van der Waals surface area contributed by atoms with Crippen molar-refractivity contribution in [3.05, 3.63) is 53.3 Å². The third kappa shape index (κ3) is 4.01. The third-order valence-electron chi connectivity index (χ3n) is 4.22. The zero-order valence-electron chi connectivity index (χ0n) is 14.7. The van der Waals surface area contributed by atoms with Crippen molar-refractivity contribution in [1.82, 2.24) is 19.7 Å². The molecule has 140 valence electrons. The number of nitrogens with one attached hydrogen (secondary N) is 1. The fraction of sp³-hybridized carbons (Fsp3) is 0.211. The fourth-order valence-electron chi connectivity index (χ4n) is 2.77. The summed E-state index contributed by atoms with van der Waals surface area (Å²) in [7, 11) is 0. The largest absolute Gasteiger partial charge is 0.324 e. The van der Waals surface area contributed by atoms with Crippen LogP contribution in [0.5, 0.6) is 0 Å². The molecular formula is C19H15ClN6OS. The molecule has 0 atom stereocenters. The average molecular weight is 411 g/mol. The molecule has 0 radical (unpaired) electrons. The number of pyridine rings is 1. The zero-order chi connectivity index (χ0) is 19.5. The number of nitrogens with zero attached hydrogens (tertiary/aromatic N) is 5. The smallest absolute Gasteiger partial charge is 0.234 e. The molecule has 1 aliphatic rings. The highest BCUT2D eigenvalue weighted by molar-refractivity contribution is 7.99. The van der Waals surface area contributed by atoms with E-state index in [1.54, 1.807) is 30.6 Å². The lowest BCUT2D eigenvalue weighted by atomic mass is 10.2. The Morgan fingerprint density at radius 1 is 1.29 bits per heavy atom. The first kappa shape index (κ1) is 18.5. The first-order valence-electron chi connectivity index (χ1n) is 8.63. The second kappa shape index (κ2) is 8.00. The van der Waals surface area contributed by atoms with E-state index < -0.39 is 0 Å². The van der Waals surface area contributed by atoms with Gasteiger partial charge in [-0.15, -0.1) is 10.2 Å². The molecule has 1 aromatic carbocycles. The summed E-state index contributed by atoms with van der Waals surface area (Å²) in [6.45, 7) is 0. The van der Waals surface area contributed by atoms with Gasteiger partial charge in [-0.2, -0.15) is 5.26 Å². The Morgan fingerprint density at radius 2 is 2.07 bits per heavy atom. The molecule has 0 aliphatic heterocycles. The summed E-state index contributed by atoms with van der Waals surface area (Å²) in [6.07, 6.45) is 5.59. The summed E-state index contributed by atoms with van der Waals surface area (Å²) < 4.78 is 2.09. The number of halogens is 1. The van der Waals surface area contributed by atoms with Gasteiger partial charge in [-0.1, -0.05) is 23.4 Å². The molecule has 9 heteroatoms. The van der Waals surface area contributed by atoms with Crippen molar-refractivity contribution >= 4 is 35.0 Å². The summed E-state index contributed by atoms with van der Waals surface area (Å²) in [5, 5.41) is 21.7. The quantitative estimate of drug-likeness (QED) is 0.618. The van der Waals surface area contributed by atoms with Crippen molar-refractivity contribution in [2.45, 2.75) is 24.0 Å². The number of carbonyl (C=O) groups excluding carboxylic acids is 1. The highest BCUT2D eigenvalue weighted by Gasteiger charge is 2.30. The molecule has 1 aliphatic carbocycles. The molecule has 7 nitrogen and oxygen atoms in total. The van der Waals surface area contributed by atoms with Crippen molar-refractivity contribution in [2.24, 2.45) is 0 Å². The van der Waals surface area contributed by atoms with Gasteiger partial charge in [0.1, 0.15) is 6.07 Å². The topological polar surface area (TPSA) is 96.5 Å². The molecule has 4 rings (SSSR count). The Balaban J connectivity index is 1.49. The number of rotatable bonds is 6. The predicted molar refractivity (Wildman–Crippen MR) is 107 cm³/mol. The number of hydrogen-bond donors (Lipinski definition) is 1. The molecule has 3 aromatic rings. The van der Waals surface area contributed by atoms with Crippen LogP contribution in [0.3, 0.4) is 0 Å². The number of hydrogen-bond acceptors (Lipinski definition) is 6. The van der Waals surface area contributed by atoms with Gasteiger partial charge in [0.2, 0.25) is 5.91 Å². The monoisotopic (exact) mass is 410 g/mol. The van der Waals surface area contributed by atoms with Crippen LogP contribution in [-0.4, -0.2) is 31.4 Å². The van der Waals surface area contributed by atoms with E-state index in [1.807, 2.05) is 18.2 Å². The van der Waals surface area contributed by atoms with Crippen molar-refractivity contribution in [3.63, 3.8) is 0 Å². The fourth-order valence-corrected chi connectivity index (χ4v) is 3.75. The number of nitriles is 1. The maximum Gasteiger partial charge on any atom is 0.234 e. The normalized spacial score (nSPS) is 13.1. The maximum atomic E-state index is 12.4. The van der Waals surface area contributed by atoms with Gasteiger partial charge in [0.05, 0.1) is 17.0 Å². The van der Waals surface area contributed by atoms with Gasteiger partial charge < -0.3 is 5.32 Å². The summed E-state index contributed by atoms with van der Waals surface area (Å²) in [4.78, 5) is 16.4. The van der Waals surface area contributed by atoms with Crippen LogP contribution in [0.4, 0.5) is 5.69 Å². The second-order valence-electron chi connectivity index (χ2n) is 6.28. The first-order chi connectivity index (χ1) is 13.7. The van der Waals surface area contributed by atoms with Crippen LogP contribution in [0.1, 0.15) is 24.4 Å². The summed E-state index contributed by atoms with van der Waals surface area (Å²) in [5.74, 6) is 0.701. The molecule has 0 spiro atoms. The van der Waals surface area contributed by atoms with E-state index in [4.69, 9.17) is 16.9 Å². The summed E-state index contributed by atoms with van der Waals surface area (Å²) in [5.41, 5.74) is 1.72. The van der Waals surface area contributed by atoms with Gasteiger partial charge in [0.15, 0.2) is 11.0 Å². The molecule has 0 bridgehead atoms. The highest BCUT2D eigenvalue weighted by Crippen LogP contribution is 2.41. The molecule has 0 unspecified atom stereocenters. The average Bonchev–Trinajstić information content (AvgIpc) is 3.46. The standard InChI is InChI=1S/C19H15ClN6OS/c20-14-2-1-13(10-21)16(9-14)23-17(27)11-28-19-25-24-18(26(19)15-3-4-15)12-5-7-22-8-6-12/h1-2,5-9,15H,3-4,11H2,(H,23,27). The number of carbonyl (C=O) groups is 1. The molecular weight excluding hydrogens is 396 g/mol. The Kier molecular flexibility index (Phi) is 5.28. The third-order valence-corrected chi connectivity index (χ3v) is 5.40. The minimum atomic E-state index is -0.237. The van der Waals surface area contributed by atoms with Crippen LogP contribution >= 0.6 is 23.4 Å². The molecule has 1 amide bonds. The molecule has 1 saturated carbocycles. The Bertz CT molecular complexity index is 1060. The molecule has 28 heavy (non-hydrogen) atoms. The number of aromatic nitrogens is 4. The van der Waals surface area contributed by atoms with E-state index in [9.17, 15) is 4.79 Å². The van der Waals surface area contributed by atoms with E-state index in [1.165, 1.54) is 11.8 Å². The molecule has 1 N–H and O–H groups in total. The highest BCUT2D eigenvalue weighted by atomic mass is 35.5. The van der Waals surface area contributed by atoms with Gasteiger partial charge in [-0.05, 0) is 43.2 Å². The SMILES string of the molecule is N#Cc1ccc(Cl)cc1NC(=O)CSc1nnc(-c2ccncc2)n1C1CC1. The first-order valence-corrected chi connectivity index (χ1v) is 9.99. The number of amides is 1. The zero-order valence-corrected chi connectivity index (χ0v) is 16.2. The van der Waals surface area contributed by atoms with Gasteiger partial charge in [0.25, 0.3) is 0 Å². The van der Waals surface area contributed by atoms with Crippen LogP contribution in [-0.2, 0) is 4.79 Å². The Labute approximate surface area is 170 Å².